The standard InChI is InChI=1S/C13H15F2NO2S/c14-10-3-1-2-9(12(10)15)6-11(17)16-7-13(18)4-5-19-8-13/h1-3,18H,4-8H2,(H,16,17). The van der Waals surface area contributed by atoms with Gasteiger partial charge >= 0.3 is 0 Å². The zero-order valence-corrected chi connectivity index (χ0v) is 11.1. The molecular weight excluding hydrogens is 272 g/mol. The lowest BCUT2D eigenvalue weighted by molar-refractivity contribution is -0.121. The van der Waals surface area contributed by atoms with Gasteiger partial charge in [0.25, 0.3) is 0 Å². The van der Waals surface area contributed by atoms with Crippen LogP contribution >= 0.6 is 11.8 Å². The van der Waals surface area contributed by atoms with E-state index in [1.807, 2.05) is 0 Å². The predicted octanol–water partition coefficient (Wildman–Crippen LogP) is 1.49. The lowest BCUT2D eigenvalue weighted by Gasteiger charge is -2.21. The summed E-state index contributed by atoms with van der Waals surface area (Å²) in [6, 6.07) is 3.75. The molecule has 1 aromatic carbocycles. The number of carbonyl (C=O) groups is 1. The van der Waals surface area contributed by atoms with Gasteiger partial charge in [-0.15, -0.1) is 0 Å². The monoisotopic (exact) mass is 287 g/mol. The maximum atomic E-state index is 13.4. The minimum Gasteiger partial charge on any atom is -0.387 e. The molecule has 0 saturated carbocycles. The first-order valence-electron chi connectivity index (χ1n) is 6.00. The summed E-state index contributed by atoms with van der Waals surface area (Å²) in [6.07, 6.45) is 0.402. The largest absolute Gasteiger partial charge is 0.387 e. The van der Waals surface area contributed by atoms with Gasteiger partial charge in [0.2, 0.25) is 5.91 Å². The number of thioether (sulfide) groups is 1. The third-order valence-electron chi connectivity index (χ3n) is 3.08. The van der Waals surface area contributed by atoms with Gasteiger partial charge in [-0.3, -0.25) is 4.79 Å². The van der Waals surface area contributed by atoms with Crippen LogP contribution in [0.25, 0.3) is 0 Å². The zero-order valence-electron chi connectivity index (χ0n) is 10.3. The Balaban J connectivity index is 1.89. The van der Waals surface area contributed by atoms with E-state index < -0.39 is 23.1 Å². The lowest BCUT2D eigenvalue weighted by atomic mass is 10.0. The van der Waals surface area contributed by atoms with Gasteiger partial charge in [0.1, 0.15) is 0 Å². The molecule has 0 bridgehead atoms. The molecule has 0 spiro atoms. The third kappa shape index (κ3) is 3.67. The quantitative estimate of drug-likeness (QED) is 0.882. The Morgan fingerprint density at radius 1 is 1.47 bits per heavy atom. The van der Waals surface area contributed by atoms with Crippen LogP contribution in [0.3, 0.4) is 0 Å². The highest BCUT2D eigenvalue weighted by atomic mass is 32.2. The minimum atomic E-state index is -0.993. The number of carbonyl (C=O) groups excluding carboxylic acids is 1. The summed E-state index contributed by atoms with van der Waals surface area (Å²) in [4.78, 5) is 11.7. The molecule has 2 N–H and O–H groups in total. The van der Waals surface area contributed by atoms with Gasteiger partial charge in [-0.25, -0.2) is 8.78 Å². The van der Waals surface area contributed by atoms with E-state index in [0.29, 0.717) is 12.2 Å². The van der Waals surface area contributed by atoms with Crippen LogP contribution in [0.2, 0.25) is 0 Å². The summed E-state index contributed by atoms with van der Waals surface area (Å²) < 4.78 is 26.3. The molecule has 2 rings (SSSR count). The van der Waals surface area contributed by atoms with Crippen molar-refractivity contribution in [1.82, 2.24) is 5.32 Å². The van der Waals surface area contributed by atoms with Crippen LogP contribution in [0, 0.1) is 11.6 Å². The van der Waals surface area contributed by atoms with Gasteiger partial charge in [-0.1, -0.05) is 12.1 Å². The Labute approximate surface area is 114 Å². The molecule has 6 heteroatoms. The van der Waals surface area contributed by atoms with Crippen molar-refractivity contribution in [2.45, 2.75) is 18.4 Å². The number of nitrogens with one attached hydrogen (secondary N) is 1. The zero-order chi connectivity index (χ0) is 13.9. The van der Waals surface area contributed by atoms with Crippen molar-refractivity contribution in [3.05, 3.63) is 35.4 Å². The molecule has 1 fully saturated rings. The molecule has 1 aromatic rings. The van der Waals surface area contributed by atoms with E-state index in [1.165, 1.54) is 12.1 Å². The average molecular weight is 287 g/mol. The molecule has 0 radical (unpaired) electrons. The summed E-state index contributed by atoms with van der Waals surface area (Å²) in [7, 11) is 0. The topological polar surface area (TPSA) is 49.3 Å². The van der Waals surface area contributed by atoms with Gasteiger partial charge in [0.15, 0.2) is 11.6 Å². The Bertz CT molecular complexity index is 476. The molecule has 3 nitrogen and oxygen atoms in total. The predicted molar refractivity (Wildman–Crippen MR) is 70.0 cm³/mol. The Morgan fingerprint density at radius 3 is 2.95 bits per heavy atom. The van der Waals surface area contributed by atoms with E-state index in [4.69, 9.17) is 0 Å². The van der Waals surface area contributed by atoms with Crippen molar-refractivity contribution in [3.8, 4) is 0 Å². The van der Waals surface area contributed by atoms with Gasteiger partial charge < -0.3 is 10.4 Å². The van der Waals surface area contributed by atoms with Crippen molar-refractivity contribution >= 4 is 17.7 Å². The fraction of sp³-hybridized carbons (Fsp3) is 0.462. The maximum absolute atomic E-state index is 13.4. The number of aliphatic hydroxyl groups is 1. The summed E-state index contributed by atoms with van der Waals surface area (Å²) in [5.41, 5.74) is -0.855. The van der Waals surface area contributed by atoms with E-state index in [-0.39, 0.29) is 18.5 Å². The normalized spacial score (nSPS) is 22.5. The van der Waals surface area contributed by atoms with Crippen molar-refractivity contribution < 1.29 is 18.7 Å². The van der Waals surface area contributed by atoms with E-state index >= 15 is 0 Å². The minimum absolute atomic E-state index is 0.0188. The number of hydrogen-bond acceptors (Lipinski definition) is 3. The average Bonchev–Trinajstić information content (AvgIpc) is 2.80. The number of benzene rings is 1. The first-order chi connectivity index (χ1) is 9.00. The molecule has 1 aliphatic rings. The Hall–Kier alpha value is -1.14. The van der Waals surface area contributed by atoms with Gasteiger partial charge in [-0.2, -0.15) is 11.8 Å². The van der Waals surface area contributed by atoms with E-state index in [0.717, 1.165) is 11.8 Å². The molecule has 1 atom stereocenters. The first-order valence-corrected chi connectivity index (χ1v) is 7.15. The van der Waals surface area contributed by atoms with Crippen LogP contribution in [-0.4, -0.2) is 34.7 Å². The fourth-order valence-electron chi connectivity index (χ4n) is 1.92. The Kier molecular flexibility index (Phi) is 4.42. The lowest BCUT2D eigenvalue weighted by Crippen LogP contribution is -2.43. The van der Waals surface area contributed by atoms with Crippen molar-refractivity contribution in [2.75, 3.05) is 18.1 Å². The van der Waals surface area contributed by atoms with Gasteiger partial charge in [-0.05, 0) is 18.2 Å². The van der Waals surface area contributed by atoms with Crippen LogP contribution in [-0.2, 0) is 11.2 Å². The van der Waals surface area contributed by atoms with Gasteiger partial charge in [0.05, 0.1) is 12.0 Å². The highest BCUT2D eigenvalue weighted by Gasteiger charge is 2.31. The second-order valence-electron chi connectivity index (χ2n) is 4.69. The summed E-state index contributed by atoms with van der Waals surface area (Å²) in [6.45, 7) is 0.149. The van der Waals surface area contributed by atoms with Crippen LogP contribution in [0.5, 0.6) is 0 Å². The molecule has 0 aliphatic carbocycles. The van der Waals surface area contributed by atoms with Crippen LogP contribution < -0.4 is 5.32 Å². The molecule has 19 heavy (non-hydrogen) atoms. The highest BCUT2D eigenvalue weighted by Crippen LogP contribution is 2.26. The van der Waals surface area contributed by atoms with Crippen LogP contribution in [0.15, 0.2) is 18.2 Å². The number of amides is 1. The molecule has 0 aromatic heterocycles. The van der Waals surface area contributed by atoms with E-state index in [2.05, 4.69) is 5.32 Å². The molecule has 1 amide bonds. The molecule has 1 saturated heterocycles. The first kappa shape index (κ1) is 14.3. The highest BCUT2D eigenvalue weighted by molar-refractivity contribution is 7.99. The summed E-state index contributed by atoms with van der Waals surface area (Å²) in [5, 5.41) is 12.6. The van der Waals surface area contributed by atoms with Crippen molar-refractivity contribution in [3.63, 3.8) is 0 Å². The number of halogens is 2. The SMILES string of the molecule is O=C(Cc1cccc(F)c1F)NCC1(O)CCSC1. The third-order valence-corrected chi connectivity index (χ3v) is 4.31. The van der Waals surface area contributed by atoms with Gasteiger partial charge in [0, 0.05) is 17.9 Å². The molecular formula is C13H15F2NO2S. The van der Waals surface area contributed by atoms with Crippen LogP contribution in [0.1, 0.15) is 12.0 Å². The number of rotatable bonds is 4. The summed E-state index contributed by atoms with van der Waals surface area (Å²) >= 11 is 1.63. The second kappa shape index (κ2) is 5.88. The van der Waals surface area contributed by atoms with Crippen molar-refractivity contribution in [1.29, 1.82) is 0 Å². The molecule has 1 heterocycles. The Morgan fingerprint density at radius 2 is 2.26 bits per heavy atom. The molecule has 1 unspecified atom stereocenters. The maximum Gasteiger partial charge on any atom is 0.224 e. The summed E-state index contributed by atoms with van der Waals surface area (Å²) in [5.74, 6) is -0.925. The molecule has 104 valence electrons. The number of hydrogen-bond donors (Lipinski definition) is 2. The van der Waals surface area contributed by atoms with E-state index in [9.17, 15) is 18.7 Å². The van der Waals surface area contributed by atoms with E-state index in [1.54, 1.807) is 11.8 Å². The smallest absolute Gasteiger partial charge is 0.224 e. The fourth-order valence-corrected chi connectivity index (χ4v) is 3.21. The second-order valence-corrected chi connectivity index (χ2v) is 5.80. The molecule has 1 aliphatic heterocycles. The van der Waals surface area contributed by atoms with Crippen molar-refractivity contribution in [2.24, 2.45) is 0 Å². The van der Waals surface area contributed by atoms with Crippen LogP contribution in [0.4, 0.5) is 8.78 Å².